The molecule has 0 aromatic heterocycles. The molecule has 3 rings (SSSR count). The van der Waals surface area contributed by atoms with Gasteiger partial charge < -0.3 is 10.2 Å². The van der Waals surface area contributed by atoms with Crippen molar-refractivity contribution in [1.82, 2.24) is 10.2 Å². The summed E-state index contributed by atoms with van der Waals surface area (Å²) in [4.78, 5) is 3.56. The average Bonchev–Trinajstić information content (AvgIpc) is 2.73. The molecule has 1 heterocycles. The summed E-state index contributed by atoms with van der Waals surface area (Å²) in [6.45, 7) is 4.16. The van der Waals surface area contributed by atoms with E-state index in [9.17, 15) is 4.21 Å². The quantitative estimate of drug-likeness (QED) is 0.589. The molecular weight excluding hydrogens is 423 g/mol. The first-order chi connectivity index (χ1) is 14.0. The number of piperidine rings is 1. The van der Waals surface area contributed by atoms with Crippen molar-refractivity contribution >= 4 is 34.0 Å². The first-order valence-corrected chi connectivity index (χ1v) is 12.5. The Kier molecular flexibility index (Phi) is 8.57. The number of likely N-dealkylation sites (tertiary alicyclic amines) is 1. The first-order valence-electron chi connectivity index (χ1n) is 10.2. The van der Waals surface area contributed by atoms with Gasteiger partial charge in [-0.25, -0.2) is 0 Å². The highest BCUT2D eigenvalue weighted by atomic mass is 35.5. The van der Waals surface area contributed by atoms with Crippen molar-refractivity contribution in [3.8, 4) is 0 Å². The Balaban J connectivity index is 1.57. The van der Waals surface area contributed by atoms with Gasteiger partial charge in [0.25, 0.3) is 0 Å². The molecule has 1 fully saturated rings. The van der Waals surface area contributed by atoms with Crippen LogP contribution in [0.15, 0.2) is 47.4 Å². The number of likely N-dealkylation sites (N-methyl/N-ethyl adjacent to an activating group) is 1. The Morgan fingerprint density at radius 2 is 1.86 bits per heavy atom. The zero-order chi connectivity index (χ0) is 20.8. The zero-order valence-corrected chi connectivity index (χ0v) is 19.5. The van der Waals surface area contributed by atoms with Crippen molar-refractivity contribution in [2.24, 2.45) is 0 Å². The van der Waals surface area contributed by atoms with Crippen LogP contribution in [0.2, 0.25) is 10.0 Å². The van der Waals surface area contributed by atoms with Crippen molar-refractivity contribution in [2.45, 2.75) is 36.0 Å². The molecule has 0 aliphatic carbocycles. The van der Waals surface area contributed by atoms with Gasteiger partial charge in [0.2, 0.25) is 0 Å². The Hall–Kier alpha value is -0.910. The summed E-state index contributed by atoms with van der Waals surface area (Å²) < 4.78 is 12.1. The fourth-order valence-corrected chi connectivity index (χ4v) is 5.43. The molecule has 1 aliphatic heterocycles. The second-order valence-corrected chi connectivity index (χ2v) is 9.99. The highest BCUT2D eigenvalue weighted by molar-refractivity contribution is 7.84. The second kappa shape index (κ2) is 10.9. The predicted octanol–water partition coefficient (Wildman–Crippen LogP) is 5.30. The van der Waals surface area contributed by atoms with Crippen LogP contribution in [0.1, 0.15) is 42.2 Å². The normalized spacial score (nSPS) is 17.9. The molecule has 2 aromatic rings. The summed E-state index contributed by atoms with van der Waals surface area (Å²) in [7, 11) is 1.06. The molecule has 1 aliphatic rings. The monoisotopic (exact) mass is 452 g/mol. The lowest BCUT2D eigenvalue weighted by molar-refractivity contribution is 0.204. The summed E-state index contributed by atoms with van der Waals surface area (Å²) >= 11 is 12.3. The molecule has 2 atom stereocenters. The maximum absolute atomic E-state index is 12.1. The van der Waals surface area contributed by atoms with Gasteiger partial charge in [0.1, 0.15) is 0 Å². The number of hydrogen-bond acceptors (Lipinski definition) is 3. The molecule has 0 radical (unpaired) electrons. The van der Waals surface area contributed by atoms with E-state index in [1.165, 1.54) is 11.1 Å². The topological polar surface area (TPSA) is 32.3 Å². The number of rotatable bonds is 8. The number of hydrogen-bond donors (Lipinski definition) is 1. The van der Waals surface area contributed by atoms with E-state index < -0.39 is 10.8 Å². The van der Waals surface area contributed by atoms with Crippen molar-refractivity contribution in [3.63, 3.8) is 0 Å². The minimum absolute atomic E-state index is 0.413. The zero-order valence-electron chi connectivity index (χ0n) is 17.2. The Labute approximate surface area is 187 Å². The van der Waals surface area contributed by atoms with E-state index in [0.29, 0.717) is 21.9 Å². The molecule has 0 bridgehead atoms. The first kappa shape index (κ1) is 22.8. The molecular formula is C23H30Cl2N2OS. The van der Waals surface area contributed by atoms with E-state index in [-0.39, 0.29) is 0 Å². The third kappa shape index (κ3) is 6.05. The summed E-state index contributed by atoms with van der Waals surface area (Å²) in [6, 6.07) is 14.2. The van der Waals surface area contributed by atoms with Crippen LogP contribution in [0.5, 0.6) is 0 Å². The lowest BCUT2D eigenvalue weighted by atomic mass is 9.89. The van der Waals surface area contributed by atoms with Gasteiger partial charge in [-0.1, -0.05) is 47.5 Å². The summed E-state index contributed by atoms with van der Waals surface area (Å²) in [6.07, 6.45) is 5.10. The lowest BCUT2D eigenvalue weighted by Gasteiger charge is -2.33. The molecule has 2 aromatic carbocycles. The van der Waals surface area contributed by atoms with Crippen LogP contribution in [-0.2, 0) is 10.8 Å². The Bertz CT molecular complexity index is 837. The Morgan fingerprint density at radius 3 is 2.52 bits per heavy atom. The molecule has 0 amide bonds. The Morgan fingerprint density at radius 1 is 1.14 bits per heavy atom. The van der Waals surface area contributed by atoms with Crippen molar-refractivity contribution in [3.05, 3.63) is 63.6 Å². The number of nitrogens with one attached hydrogen (secondary N) is 1. The van der Waals surface area contributed by atoms with Crippen LogP contribution in [-0.4, -0.2) is 48.6 Å². The van der Waals surface area contributed by atoms with Gasteiger partial charge in [-0.15, -0.1) is 0 Å². The van der Waals surface area contributed by atoms with Crippen molar-refractivity contribution < 1.29 is 4.21 Å². The fraction of sp³-hybridized carbons (Fsp3) is 0.478. The van der Waals surface area contributed by atoms with Gasteiger partial charge in [0.15, 0.2) is 0 Å². The third-order valence-electron chi connectivity index (χ3n) is 5.92. The molecule has 1 N–H and O–H groups in total. The molecule has 29 heavy (non-hydrogen) atoms. The molecule has 6 heteroatoms. The number of benzene rings is 2. The smallest absolute Gasteiger partial charge is 0.0595 e. The van der Waals surface area contributed by atoms with E-state index in [1.807, 2.05) is 31.3 Å². The van der Waals surface area contributed by atoms with E-state index in [2.05, 4.69) is 28.4 Å². The van der Waals surface area contributed by atoms with Crippen LogP contribution in [0.25, 0.3) is 0 Å². The van der Waals surface area contributed by atoms with Crippen LogP contribution in [0.4, 0.5) is 0 Å². The van der Waals surface area contributed by atoms with E-state index in [1.54, 1.807) is 6.26 Å². The highest BCUT2D eigenvalue weighted by Crippen LogP contribution is 2.33. The van der Waals surface area contributed by atoms with Crippen molar-refractivity contribution in [2.75, 3.05) is 39.5 Å². The molecule has 0 saturated carbocycles. The molecule has 3 nitrogen and oxygen atoms in total. The molecule has 158 valence electrons. The van der Waals surface area contributed by atoms with E-state index >= 15 is 0 Å². The van der Waals surface area contributed by atoms with E-state index in [4.69, 9.17) is 23.2 Å². The van der Waals surface area contributed by atoms with Gasteiger partial charge in [0.05, 0.1) is 20.8 Å². The van der Waals surface area contributed by atoms with Crippen LogP contribution < -0.4 is 5.32 Å². The van der Waals surface area contributed by atoms with Gasteiger partial charge in [-0.05, 0) is 87.1 Å². The maximum Gasteiger partial charge on any atom is 0.0595 e. The molecule has 0 spiro atoms. The van der Waals surface area contributed by atoms with Gasteiger partial charge in [-0.3, -0.25) is 4.21 Å². The van der Waals surface area contributed by atoms with E-state index in [0.717, 1.165) is 50.3 Å². The van der Waals surface area contributed by atoms with Gasteiger partial charge in [0, 0.05) is 17.7 Å². The summed E-state index contributed by atoms with van der Waals surface area (Å²) in [5.41, 5.74) is 2.51. The minimum Gasteiger partial charge on any atom is -0.319 e. The largest absolute Gasteiger partial charge is 0.319 e. The van der Waals surface area contributed by atoms with Crippen LogP contribution >= 0.6 is 23.2 Å². The molecule has 1 unspecified atom stereocenters. The minimum atomic E-state index is -0.929. The predicted molar refractivity (Wildman–Crippen MR) is 125 cm³/mol. The number of halogens is 2. The third-order valence-corrected chi connectivity index (χ3v) is 7.65. The highest BCUT2D eigenvalue weighted by Gasteiger charge is 2.24. The summed E-state index contributed by atoms with van der Waals surface area (Å²) in [5, 5.41) is 4.54. The second-order valence-electron chi connectivity index (χ2n) is 7.82. The van der Waals surface area contributed by atoms with Gasteiger partial charge in [-0.2, -0.15) is 0 Å². The van der Waals surface area contributed by atoms with Crippen LogP contribution in [0.3, 0.4) is 0 Å². The summed E-state index contributed by atoms with van der Waals surface area (Å²) in [5.74, 6) is 0.922. The lowest BCUT2D eigenvalue weighted by Crippen LogP contribution is -2.35. The van der Waals surface area contributed by atoms with Crippen molar-refractivity contribution in [1.29, 1.82) is 0 Å². The van der Waals surface area contributed by atoms with Gasteiger partial charge >= 0.3 is 0 Å². The SMILES string of the molecule is CNC[C@@H](CCN1CCC(c2ccccc2S(C)=O)CC1)c1ccc(Cl)c(Cl)c1. The average molecular weight is 453 g/mol. The van der Waals surface area contributed by atoms with Crippen LogP contribution in [0, 0.1) is 0 Å². The fourth-order valence-electron chi connectivity index (χ4n) is 4.28. The maximum atomic E-state index is 12.1. The number of nitrogens with zero attached hydrogens (tertiary/aromatic N) is 1. The standard InChI is InChI=1S/C23H30Cl2N2OS/c1-26-16-19(18-7-8-21(24)22(25)15-18)11-14-27-12-9-17(10-13-27)20-5-3-4-6-23(20)29(2)28/h3-8,15,17,19,26H,9-14,16H2,1-2H3/t19-,29?/m1/s1. The molecule has 1 saturated heterocycles.